The Morgan fingerprint density at radius 2 is 1.50 bits per heavy atom. The zero-order valence-electron chi connectivity index (χ0n) is 12.2. The van der Waals surface area contributed by atoms with Crippen molar-refractivity contribution in [3.05, 3.63) is 36.8 Å². The molecule has 8 heteroatoms. The molecule has 0 amide bonds. The van der Waals surface area contributed by atoms with Crippen molar-refractivity contribution in [3.63, 3.8) is 0 Å². The van der Waals surface area contributed by atoms with E-state index in [0.29, 0.717) is 23.4 Å². The van der Waals surface area contributed by atoms with E-state index in [9.17, 15) is 0 Å². The van der Waals surface area contributed by atoms with E-state index >= 15 is 0 Å². The number of nitrogens with zero attached hydrogens (tertiary/aromatic N) is 7. The second-order valence-electron chi connectivity index (χ2n) is 4.85. The van der Waals surface area contributed by atoms with Crippen molar-refractivity contribution in [2.24, 2.45) is 0 Å². The van der Waals surface area contributed by atoms with Crippen LogP contribution in [0.5, 0.6) is 0 Å². The third kappa shape index (κ3) is 3.17. The fourth-order valence-electron chi connectivity index (χ4n) is 1.78. The zero-order chi connectivity index (χ0) is 15.4. The molecule has 0 atom stereocenters. The van der Waals surface area contributed by atoms with Gasteiger partial charge < -0.3 is 5.32 Å². The lowest BCUT2D eigenvalue weighted by Crippen LogP contribution is -2.09. The quantitative estimate of drug-likeness (QED) is 0.774. The first kappa shape index (κ1) is 13.9. The topological polar surface area (TPSA) is 102 Å². The number of rotatable bonds is 4. The fourth-order valence-corrected chi connectivity index (χ4v) is 1.78. The van der Waals surface area contributed by atoms with Crippen molar-refractivity contribution in [1.29, 1.82) is 0 Å². The summed E-state index contributed by atoms with van der Waals surface area (Å²) < 4.78 is 0. The van der Waals surface area contributed by atoms with E-state index in [0.717, 1.165) is 5.69 Å². The van der Waals surface area contributed by atoms with E-state index in [1.54, 1.807) is 24.7 Å². The van der Waals surface area contributed by atoms with Gasteiger partial charge >= 0.3 is 0 Å². The van der Waals surface area contributed by atoms with Crippen molar-refractivity contribution in [3.8, 4) is 23.2 Å². The summed E-state index contributed by atoms with van der Waals surface area (Å²) in [7, 11) is 0. The SMILES string of the molecule is CC(C)Nc1ccc(-c2nnc(-c3ncccn3)nn2)nc1. The molecule has 3 rings (SSSR count). The Morgan fingerprint density at radius 1 is 0.818 bits per heavy atom. The van der Waals surface area contributed by atoms with E-state index in [1.807, 2.05) is 12.1 Å². The van der Waals surface area contributed by atoms with Crippen LogP contribution in [0, 0.1) is 0 Å². The Balaban J connectivity index is 1.81. The van der Waals surface area contributed by atoms with Gasteiger partial charge in [-0.3, -0.25) is 4.98 Å². The molecule has 8 nitrogen and oxygen atoms in total. The zero-order valence-corrected chi connectivity index (χ0v) is 12.2. The molecule has 0 saturated heterocycles. The van der Waals surface area contributed by atoms with Crippen molar-refractivity contribution < 1.29 is 0 Å². The molecule has 3 aromatic heterocycles. The van der Waals surface area contributed by atoms with Crippen LogP contribution in [0.2, 0.25) is 0 Å². The molecule has 0 aromatic carbocycles. The summed E-state index contributed by atoms with van der Waals surface area (Å²) in [4.78, 5) is 12.4. The molecular formula is C14H14N8. The highest BCUT2D eigenvalue weighted by atomic mass is 15.3. The second kappa shape index (κ2) is 6.17. The number of pyridine rings is 1. The molecular weight excluding hydrogens is 280 g/mol. The molecule has 3 heterocycles. The Bertz CT molecular complexity index is 725. The van der Waals surface area contributed by atoms with Crippen molar-refractivity contribution in [2.45, 2.75) is 19.9 Å². The van der Waals surface area contributed by atoms with Gasteiger partial charge in [0, 0.05) is 18.4 Å². The van der Waals surface area contributed by atoms with E-state index in [-0.39, 0.29) is 5.82 Å². The van der Waals surface area contributed by atoms with Gasteiger partial charge in [-0.25, -0.2) is 9.97 Å². The number of hydrogen-bond acceptors (Lipinski definition) is 8. The van der Waals surface area contributed by atoms with Crippen LogP contribution in [0.4, 0.5) is 5.69 Å². The van der Waals surface area contributed by atoms with E-state index in [2.05, 4.69) is 54.5 Å². The van der Waals surface area contributed by atoms with Gasteiger partial charge in [0.05, 0.1) is 11.9 Å². The summed E-state index contributed by atoms with van der Waals surface area (Å²) in [5, 5.41) is 19.3. The minimum atomic E-state index is 0.280. The average molecular weight is 294 g/mol. The van der Waals surface area contributed by atoms with Gasteiger partial charge in [-0.2, -0.15) is 0 Å². The maximum atomic E-state index is 4.31. The van der Waals surface area contributed by atoms with Gasteiger partial charge in [0.1, 0.15) is 5.69 Å². The number of anilines is 1. The van der Waals surface area contributed by atoms with Crippen molar-refractivity contribution in [2.75, 3.05) is 5.32 Å². The van der Waals surface area contributed by atoms with Gasteiger partial charge in [0.15, 0.2) is 0 Å². The average Bonchev–Trinajstić information content (AvgIpc) is 2.56. The third-order valence-electron chi connectivity index (χ3n) is 2.69. The molecule has 22 heavy (non-hydrogen) atoms. The molecule has 110 valence electrons. The monoisotopic (exact) mass is 294 g/mol. The van der Waals surface area contributed by atoms with Crippen LogP contribution in [0.3, 0.4) is 0 Å². The van der Waals surface area contributed by atoms with Crippen molar-refractivity contribution >= 4 is 5.69 Å². The molecule has 0 spiro atoms. The molecule has 0 radical (unpaired) electrons. The van der Waals surface area contributed by atoms with Gasteiger partial charge in [-0.1, -0.05) is 0 Å². The molecule has 0 fully saturated rings. The molecule has 0 bridgehead atoms. The second-order valence-corrected chi connectivity index (χ2v) is 4.85. The maximum Gasteiger partial charge on any atom is 0.240 e. The number of nitrogens with one attached hydrogen (secondary N) is 1. The molecule has 0 unspecified atom stereocenters. The predicted molar refractivity (Wildman–Crippen MR) is 80.6 cm³/mol. The lowest BCUT2D eigenvalue weighted by molar-refractivity contribution is 0.856. The Hall–Kier alpha value is -3.03. The summed E-state index contributed by atoms with van der Waals surface area (Å²) in [6.07, 6.45) is 4.95. The number of aromatic nitrogens is 7. The Morgan fingerprint density at radius 3 is 2.09 bits per heavy atom. The first-order valence-electron chi connectivity index (χ1n) is 6.80. The third-order valence-corrected chi connectivity index (χ3v) is 2.69. The minimum absolute atomic E-state index is 0.280. The van der Waals surface area contributed by atoms with Gasteiger partial charge in [-0.05, 0) is 32.0 Å². The smallest absolute Gasteiger partial charge is 0.240 e. The van der Waals surface area contributed by atoms with E-state index < -0.39 is 0 Å². The molecule has 0 aliphatic heterocycles. The van der Waals surface area contributed by atoms with Crippen LogP contribution >= 0.6 is 0 Å². The van der Waals surface area contributed by atoms with Crippen LogP contribution in [0.15, 0.2) is 36.8 Å². The predicted octanol–water partition coefficient (Wildman–Crippen LogP) is 1.61. The number of hydrogen-bond donors (Lipinski definition) is 1. The van der Waals surface area contributed by atoms with Gasteiger partial charge in [0.2, 0.25) is 17.5 Å². The van der Waals surface area contributed by atoms with Crippen LogP contribution in [0.25, 0.3) is 23.2 Å². The fraction of sp³-hybridized carbons (Fsp3) is 0.214. The first-order chi connectivity index (χ1) is 10.7. The highest BCUT2D eigenvalue weighted by Crippen LogP contribution is 2.14. The minimum Gasteiger partial charge on any atom is -0.382 e. The standard InChI is InChI=1S/C14H14N8/c1-9(2)18-10-4-5-11(17-8-10)12-19-21-14(22-20-12)13-15-6-3-7-16-13/h3-9,18H,1-2H3. The van der Waals surface area contributed by atoms with Crippen LogP contribution in [0.1, 0.15) is 13.8 Å². The summed E-state index contributed by atoms with van der Waals surface area (Å²) in [6, 6.07) is 5.80. The molecule has 3 aromatic rings. The highest BCUT2D eigenvalue weighted by molar-refractivity contribution is 5.53. The summed E-state index contributed by atoms with van der Waals surface area (Å²) >= 11 is 0. The molecule has 0 aliphatic carbocycles. The lowest BCUT2D eigenvalue weighted by Gasteiger charge is -2.09. The van der Waals surface area contributed by atoms with Gasteiger partial charge in [0.25, 0.3) is 0 Å². The van der Waals surface area contributed by atoms with Gasteiger partial charge in [-0.15, -0.1) is 20.4 Å². The van der Waals surface area contributed by atoms with Crippen LogP contribution in [-0.2, 0) is 0 Å². The van der Waals surface area contributed by atoms with E-state index in [1.165, 1.54) is 0 Å². The van der Waals surface area contributed by atoms with Crippen molar-refractivity contribution in [1.82, 2.24) is 35.3 Å². The largest absolute Gasteiger partial charge is 0.382 e. The lowest BCUT2D eigenvalue weighted by atomic mass is 10.3. The molecule has 0 saturated carbocycles. The Labute approximate surface area is 127 Å². The Kier molecular flexibility index (Phi) is 3.90. The summed E-state index contributed by atoms with van der Waals surface area (Å²) in [5.41, 5.74) is 1.55. The first-order valence-corrected chi connectivity index (χ1v) is 6.80. The van der Waals surface area contributed by atoms with Crippen LogP contribution < -0.4 is 5.32 Å². The summed E-state index contributed by atoms with van der Waals surface area (Å²) in [5.74, 6) is 1.02. The van der Waals surface area contributed by atoms with E-state index in [4.69, 9.17) is 0 Å². The van der Waals surface area contributed by atoms with Crippen LogP contribution in [-0.4, -0.2) is 41.4 Å². The molecule has 0 aliphatic rings. The normalized spacial score (nSPS) is 10.7. The molecule has 1 N–H and O–H groups in total. The summed E-state index contributed by atoms with van der Waals surface area (Å²) in [6.45, 7) is 4.13. The highest BCUT2D eigenvalue weighted by Gasteiger charge is 2.09. The maximum absolute atomic E-state index is 4.31.